The van der Waals surface area contributed by atoms with Crippen molar-refractivity contribution in [2.45, 2.75) is 4.90 Å². The molecule has 0 aliphatic carbocycles. The van der Waals surface area contributed by atoms with Gasteiger partial charge >= 0.3 is 0 Å². The molecule has 0 unspecified atom stereocenters. The van der Waals surface area contributed by atoms with Gasteiger partial charge in [0.25, 0.3) is 10.1 Å². The molecule has 0 spiro atoms. The average molecular weight is 403 g/mol. The van der Waals surface area contributed by atoms with E-state index in [2.05, 4.69) is 30.3 Å². The van der Waals surface area contributed by atoms with Gasteiger partial charge in [-0.2, -0.15) is 23.4 Å². The summed E-state index contributed by atoms with van der Waals surface area (Å²) in [6.45, 7) is 0.317. The molecule has 2 aromatic rings. The van der Waals surface area contributed by atoms with Gasteiger partial charge in [-0.15, -0.1) is 0 Å². The van der Waals surface area contributed by atoms with E-state index in [4.69, 9.17) is 10.3 Å². The van der Waals surface area contributed by atoms with Crippen LogP contribution in [0, 0.1) is 0 Å². The average Bonchev–Trinajstić information content (AvgIpc) is 2.50. The topological polar surface area (TPSA) is 189 Å². The van der Waals surface area contributed by atoms with Crippen LogP contribution in [0.5, 0.6) is 0 Å². The molecule has 26 heavy (non-hydrogen) atoms. The van der Waals surface area contributed by atoms with E-state index in [1.807, 2.05) is 0 Å². The highest BCUT2D eigenvalue weighted by atomic mass is 32.2. The molecule has 14 heteroatoms. The van der Waals surface area contributed by atoms with E-state index in [1.54, 1.807) is 0 Å². The number of sulfonamides is 1. The third-order valence-electron chi connectivity index (χ3n) is 2.81. The second-order valence-electron chi connectivity index (χ2n) is 5.06. The molecule has 1 heterocycles. The summed E-state index contributed by atoms with van der Waals surface area (Å²) in [7, 11) is -7.65. The first-order valence-corrected chi connectivity index (χ1v) is 10.4. The summed E-state index contributed by atoms with van der Waals surface area (Å²) in [5.41, 5.74) is 5.90. The lowest BCUT2D eigenvalue weighted by molar-refractivity contribution is 0.483. The van der Waals surface area contributed by atoms with Gasteiger partial charge in [0.15, 0.2) is 0 Å². The second kappa shape index (κ2) is 7.77. The quantitative estimate of drug-likeness (QED) is 0.279. The largest absolute Gasteiger partial charge is 0.368 e. The zero-order chi connectivity index (χ0) is 19.4. The van der Waals surface area contributed by atoms with Crippen molar-refractivity contribution in [1.29, 1.82) is 0 Å². The lowest BCUT2D eigenvalue weighted by Crippen LogP contribution is -2.28. The third kappa shape index (κ3) is 6.40. The van der Waals surface area contributed by atoms with Gasteiger partial charge in [-0.3, -0.25) is 4.55 Å². The molecular weight excluding hydrogens is 386 g/mol. The van der Waals surface area contributed by atoms with Crippen LogP contribution in [0.25, 0.3) is 0 Å². The van der Waals surface area contributed by atoms with Gasteiger partial charge in [-0.25, -0.2) is 13.1 Å². The molecule has 0 amide bonds. The summed E-state index contributed by atoms with van der Waals surface area (Å²) in [6, 6.07) is 5.38. The fourth-order valence-electron chi connectivity index (χ4n) is 1.80. The number of nitrogens with one attached hydrogen (secondary N) is 3. The van der Waals surface area contributed by atoms with Crippen molar-refractivity contribution in [3.8, 4) is 0 Å². The zero-order valence-corrected chi connectivity index (χ0v) is 15.2. The van der Waals surface area contributed by atoms with Crippen molar-refractivity contribution >= 4 is 43.7 Å². The van der Waals surface area contributed by atoms with Gasteiger partial charge in [-0.05, 0) is 18.2 Å². The maximum absolute atomic E-state index is 11.2. The Balaban J connectivity index is 2.10. The van der Waals surface area contributed by atoms with Crippen LogP contribution in [0.3, 0.4) is 0 Å². The molecule has 0 aliphatic heterocycles. The monoisotopic (exact) mass is 403 g/mol. The van der Waals surface area contributed by atoms with Gasteiger partial charge in [-0.1, -0.05) is 6.07 Å². The minimum absolute atomic E-state index is 0.0311. The molecule has 6 N–H and O–H groups in total. The first-order valence-electron chi connectivity index (χ1n) is 7.07. The Morgan fingerprint density at radius 3 is 2.42 bits per heavy atom. The third-order valence-corrected chi connectivity index (χ3v) is 4.39. The molecule has 0 saturated heterocycles. The molecular formula is C12H17N7O5S2. The molecule has 0 bridgehead atoms. The molecule has 12 nitrogen and oxygen atoms in total. The first kappa shape index (κ1) is 19.8. The van der Waals surface area contributed by atoms with Crippen LogP contribution in [-0.2, 0) is 20.1 Å². The van der Waals surface area contributed by atoms with Crippen LogP contribution >= 0.6 is 0 Å². The molecule has 0 atom stereocenters. The molecule has 0 saturated carbocycles. The molecule has 1 aromatic carbocycles. The number of benzene rings is 1. The number of nitrogens with two attached hydrogens (primary N) is 1. The van der Waals surface area contributed by atoms with Crippen LogP contribution in [0.4, 0.5) is 23.5 Å². The summed E-state index contributed by atoms with van der Waals surface area (Å²) < 4.78 is 55.7. The van der Waals surface area contributed by atoms with Crippen LogP contribution in [0.1, 0.15) is 0 Å². The van der Waals surface area contributed by atoms with E-state index >= 15 is 0 Å². The highest BCUT2D eigenvalue weighted by Crippen LogP contribution is 2.18. The summed E-state index contributed by atoms with van der Waals surface area (Å²) in [5.74, 6) is 0.0248. The lowest BCUT2D eigenvalue weighted by Gasteiger charge is -2.09. The Bertz CT molecular complexity index is 995. The van der Waals surface area contributed by atoms with Gasteiger partial charge < -0.3 is 16.4 Å². The van der Waals surface area contributed by atoms with Crippen LogP contribution in [0.2, 0.25) is 0 Å². The van der Waals surface area contributed by atoms with Crippen molar-refractivity contribution in [3.63, 3.8) is 0 Å². The number of aromatic nitrogens is 3. The predicted octanol–water partition coefficient (Wildman–Crippen LogP) is -0.595. The van der Waals surface area contributed by atoms with Crippen molar-refractivity contribution in [2.24, 2.45) is 0 Å². The first-order chi connectivity index (χ1) is 12.0. The Hall–Kier alpha value is -2.55. The second-order valence-corrected chi connectivity index (χ2v) is 8.32. The highest BCUT2D eigenvalue weighted by Gasteiger charge is 2.11. The van der Waals surface area contributed by atoms with Crippen molar-refractivity contribution in [1.82, 2.24) is 19.7 Å². The van der Waals surface area contributed by atoms with E-state index in [9.17, 15) is 16.8 Å². The van der Waals surface area contributed by atoms with Gasteiger partial charge in [0.05, 0.1) is 11.2 Å². The smallest absolute Gasteiger partial charge is 0.294 e. The fraction of sp³-hybridized carbons (Fsp3) is 0.250. The van der Waals surface area contributed by atoms with Crippen molar-refractivity contribution in [3.05, 3.63) is 24.3 Å². The summed E-state index contributed by atoms with van der Waals surface area (Å²) in [5, 5.41) is 5.52. The number of rotatable bonds is 8. The van der Waals surface area contributed by atoms with Crippen LogP contribution in [-0.4, -0.2) is 55.7 Å². The normalized spacial score (nSPS) is 11.9. The van der Waals surface area contributed by atoms with Gasteiger partial charge in [0.1, 0.15) is 0 Å². The maximum atomic E-state index is 11.2. The number of hydrogen-bond donors (Lipinski definition) is 5. The van der Waals surface area contributed by atoms with E-state index < -0.39 is 20.1 Å². The minimum atomic E-state index is -4.35. The number of hydrogen-bond acceptors (Lipinski definition) is 10. The molecule has 2 rings (SSSR count). The minimum Gasteiger partial charge on any atom is -0.368 e. The Labute approximate surface area is 150 Å². The predicted molar refractivity (Wildman–Crippen MR) is 95.1 cm³/mol. The van der Waals surface area contributed by atoms with Crippen LogP contribution in [0.15, 0.2) is 29.2 Å². The van der Waals surface area contributed by atoms with E-state index in [-0.39, 0.29) is 35.8 Å². The Kier molecular flexibility index (Phi) is 5.91. The number of nitrogens with zero attached hydrogens (tertiary/aromatic N) is 3. The van der Waals surface area contributed by atoms with Gasteiger partial charge in [0.2, 0.25) is 27.9 Å². The number of nitrogen functional groups attached to an aromatic ring is 1. The molecule has 0 radical (unpaired) electrons. The Morgan fingerprint density at radius 1 is 1.08 bits per heavy atom. The summed E-state index contributed by atoms with van der Waals surface area (Å²) in [4.78, 5) is 11.5. The lowest BCUT2D eigenvalue weighted by atomic mass is 10.3. The van der Waals surface area contributed by atoms with Crippen molar-refractivity contribution < 1.29 is 21.4 Å². The van der Waals surface area contributed by atoms with Gasteiger partial charge in [0, 0.05) is 18.8 Å². The maximum Gasteiger partial charge on any atom is 0.294 e. The molecule has 0 aliphatic rings. The van der Waals surface area contributed by atoms with E-state index in [1.165, 1.54) is 24.3 Å². The SMILES string of the molecule is CS(=O)(=O)NCCNc1nc(N)nc(Nc2cccc(S(=O)(=O)O)c2)n1. The molecule has 1 aromatic heterocycles. The van der Waals surface area contributed by atoms with Crippen LogP contribution < -0.4 is 21.1 Å². The Morgan fingerprint density at radius 2 is 1.77 bits per heavy atom. The van der Waals surface area contributed by atoms with E-state index in [0.29, 0.717) is 5.69 Å². The standard InChI is InChI=1S/C12H17N7O5S2/c1-25(20,21)15-6-5-14-11-17-10(13)18-12(19-11)16-8-3-2-4-9(7-8)26(22,23)24/h2-4,7,15H,5-6H2,1H3,(H,22,23,24)(H4,13,14,16,17,18,19). The molecule has 142 valence electrons. The summed E-state index contributed by atoms with van der Waals surface area (Å²) in [6.07, 6.45) is 1.04. The highest BCUT2D eigenvalue weighted by molar-refractivity contribution is 7.88. The fourth-order valence-corrected chi connectivity index (χ4v) is 2.80. The summed E-state index contributed by atoms with van der Waals surface area (Å²) >= 11 is 0. The van der Waals surface area contributed by atoms with E-state index in [0.717, 1.165) is 6.26 Å². The zero-order valence-electron chi connectivity index (χ0n) is 13.5. The molecule has 0 fully saturated rings. The number of anilines is 4. The van der Waals surface area contributed by atoms with Crippen molar-refractivity contribution in [2.75, 3.05) is 35.7 Å².